The number of phenolic OH excluding ortho intramolecular Hbond substituents is 1. The molecule has 25 heavy (non-hydrogen) atoms. The summed E-state index contributed by atoms with van der Waals surface area (Å²) < 4.78 is 28.3. The van der Waals surface area contributed by atoms with Crippen molar-refractivity contribution in [3.63, 3.8) is 0 Å². The molecular weight excluding hydrogens is 336 g/mol. The van der Waals surface area contributed by atoms with Gasteiger partial charge < -0.3 is 5.11 Å². The van der Waals surface area contributed by atoms with Gasteiger partial charge in [0.2, 0.25) is 10.0 Å². The highest BCUT2D eigenvalue weighted by atomic mass is 32.2. The first-order valence-corrected chi connectivity index (χ1v) is 9.66. The van der Waals surface area contributed by atoms with E-state index in [-0.39, 0.29) is 16.7 Å². The maximum Gasteiger partial charge on any atom is 0.244 e. The quantitative estimate of drug-likeness (QED) is 0.782. The summed E-state index contributed by atoms with van der Waals surface area (Å²) >= 11 is 0. The van der Waals surface area contributed by atoms with Crippen molar-refractivity contribution >= 4 is 20.9 Å². The number of nitrogens with zero attached hydrogens (tertiary/aromatic N) is 2. The van der Waals surface area contributed by atoms with E-state index < -0.39 is 10.0 Å². The molecule has 1 unspecified atom stereocenters. The lowest BCUT2D eigenvalue weighted by molar-refractivity contribution is 0.397. The Kier molecular flexibility index (Phi) is 3.94. The molecule has 1 saturated heterocycles. The minimum absolute atomic E-state index is 0.0180. The summed E-state index contributed by atoms with van der Waals surface area (Å²) in [5, 5.41) is 10.4. The van der Waals surface area contributed by atoms with Gasteiger partial charge in [-0.05, 0) is 42.7 Å². The Morgan fingerprint density at radius 1 is 1.04 bits per heavy atom. The second-order valence-corrected chi connectivity index (χ2v) is 8.03. The number of phenols is 1. The largest absolute Gasteiger partial charge is 0.506 e. The molecule has 1 atom stereocenters. The number of sulfonamides is 1. The van der Waals surface area contributed by atoms with Crippen molar-refractivity contribution in [2.75, 3.05) is 6.54 Å². The van der Waals surface area contributed by atoms with Crippen LogP contribution in [0.1, 0.15) is 24.4 Å². The van der Waals surface area contributed by atoms with Gasteiger partial charge in [-0.15, -0.1) is 0 Å². The van der Waals surface area contributed by atoms with E-state index in [2.05, 4.69) is 4.98 Å². The minimum atomic E-state index is -3.70. The Balaban J connectivity index is 1.84. The van der Waals surface area contributed by atoms with Gasteiger partial charge in [-0.25, -0.2) is 8.42 Å². The van der Waals surface area contributed by atoms with Crippen molar-refractivity contribution in [2.24, 2.45) is 0 Å². The Hall–Kier alpha value is -2.44. The summed E-state index contributed by atoms with van der Waals surface area (Å²) in [5.74, 6) is -0.0180. The Bertz CT molecular complexity index is 1020. The summed E-state index contributed by atoms with van der Waals surface area (Å²) in [4.78, 5) is 4.32. The Morgan fingerprint density at radius 2 is 1.84 bits per heavy atom. The van der Waals surface area contributed by atoms with E-state index in [0.29, 0.717) is 17.4 Å². The number of rotatable bonds is 3. The van der Waals surface area contributed by atoms with Crippen LogP contribution in [0, 0.1) is 0 Å². The van der Waals surface area contributed by atoms with Crippen molar-refractivity contribution < 1.29 is 13.5 Å². The van der Waals surface area contributed by atoms with Crippen LogP contribution in [0.15, 0.2) is 65.7 Å². The molecule has 2 aromatic carbocycles. The van der Waals surface area contributed by atoms with Gasteiger partial charge >= 0.3 is 0 Å². The molecule has 3 aromatic rings. The number of aromatic nitrogens is 1. The average Bonchev–Trinajstić information content (AvgIpc) is 3.13. The van der Waals surface area contributed by atoms with Crippen LogP contribution < -0.4 is 0 Å². The van der Waals surface area contributed by atoms with E-state index in [9.17, 15) is 13.5 Å². The second kappa shape index (κ2) is 6.13. The zero-order chi connectivity index (χ0) is 17.4. The van der Waals surface area contributed by atoms with Gasteiger partial charge in [0.05, 0.1) is 10.9 Å². The van der Waals surface area contributed by atoms with Crippen LogP contribution in [0.25, 0.3) is 10.9 Å². The van der Waals surface area contributed by atoms with Gasteiger partial charge in [-0.3, -0.25) is 4.98 Å². The van der Waals surface area contributed by atoms with E-state index in [1.165, 1.54) is 12.1 Å². The van der Waals surface area contributed by atoms with Crippen LogP contribution in [0.2, 0.25) is 0 Å². The topological polar surface area (TPSA) is 70.5 Å². The first-order valence-electron chi connectivity index (χ1n) is 8.22. The predicted octanol–water partition coefficient (Wildman–Crippen LogP) is 3.47. The standard InChI is InChI=1S/C19H18N2O3S/c22-17-10-11-18(15-8-4-12-20-19(15)17)25(23,24)21-13-5-9-16(21)14-6-2-1-3-7-14/h1-4,6-8,10-12,16,22H,5,9,13H2. The number of pyridine rings is 1. The zero-order valence-electron chi connectivity index (χ0n) is 13.5. The van der Waals surface area contributed by atoms with Gasteiger partial charge in [0.25, 0.3) is 0 Å². The van der Waals surface area contributed by atoms with E-state index in [1.54, 1.807) is 22.6 Å². The molecule has 1 aliphatic heterocycles. The molecule has 0 bridgehead atoms. The molecule has 128 valence electrons. The highest BCUT2D eigenvalue weighted by Gasteiger charge is 2.37. The fourth-order valence-electron chi connectivity index (χ4n) is 3.52. The van der Waals surface area contributed by atoms with Gasteiger partial charge in [0.1, 0.15) is 11.3 Å². The fourth-order valence-corrected chi connectivity index (χ4v) is 5.39. The third kappa shape index (κ3) is 2.67. The minimum Gasteiger partial charge on any atom is -0.506 e. The highest BCUT2D eigenvalue weighted by molar-refractivity contribution is 7.89. The monoisotopic (exact) mass is 354 g/mol. The molecule has 2 heterocycles. The molecule has 0 saturated carbocycles. The predicted molar refractivity (Wildman–Crippen MR) is 95.7 cm³/mol. The van der Waals surface area contributed by atoms with Crippen LogP contribution in [0.4, 0.5) is 0 Å². The number of hydrogen-bond acceptors (Lipinski definition) is 4. The van der Waals surface area contributed by atoms with Gasteiger partial charge in [-0.1, -0.05) is 30.3 Å². The van der Waals surface area contributed by atoms with Gasteiger partial charge in [0, 0.05) is 18.1 Å². The number of benzene rings is 2. The lowest BCUT2D eigenvalue weighted by Gasteiger charge is -2.25. The van der Waals surface area contributed by atoms with Gasteiger partial charge in [0.15, 0.2) is 0 Å². The highest BCUT2D eigenvalue weighted by Crippen LogP contribution is 2.38. The summed E-state index contributed by atoms with van der Waals surface area (Å²) in [5.41, 5.74) is 1.31. The summed E-state index contributed by atoms with van der Waals surface area (Å²) in [6, 6.07) is 15.8. The van der Waals surface area contributed by atoms with Crippen molar-refractivity contribution in [3.05, 3.63) is 66.4 Å². The molecule has 0 spiro atoms. The van der Waals surface area contributed by atoms with Crippen molar-refractivity contribution in [1.82, 2.24) is 9.29 Å². The zero-order valence-corrected chi connectivity index (χ0v) is 14.4. The third-order valence-electron chi connectivity index (χ3n) is 4.68. The molecule has 0 radical (unpaired) electrons. The van der Waals surface area contributed by atoms with E-state index in [0.717, 1.165) is 18.4 Å². The molecule has 6 heteroatoms. The molecule has 1 aliphatic rings. The third-order valence-corrected chi connectivity index (χ3v) is 6.65. The SMILES string of the molecule is O=S(=O)(c1ccc(O)c2ncccc12)N1CCCC1c1ccccc1. The molecule has 4 rings (SSSR count). The fraction of sp³-hybridized carbons (Fsp3) is 0.211. The Labute approximate surface area is 146 Å². The van der Waals surface area contributed by atoms with Crippen LogP contribution in [0.3, 0.4) is 0 Å². The van der Waals surface area contributed by atoms with Crippen LogP contribution in [-0.4, -0.2) is 29.4 Å². The maximum atomic E-state index is 13.4. The normalized spacial score (nSPS) is 18.6. The second-order valence-electron chi connectivity index (χ2n) is 6.17. The first kappa shape index (κ1) is 16.1. The Morgan fingerprint density at radius 3 is 2.64 bits per heavy atom. The van der Waals surface area contributed by atoms with Crippen LogP contribution in [0.5, 0.6) is 5.75 Å². The lowest BCUT2D eigenvalue weighted by atomic mass is 10.1. The van der Waals surface area contributed by atoms with E-state index in [4.69, 9.17) is 0 Å². The van der Waals surface area contributed by atoms with Crippen molar-refractivity contribution in [3.8, 4) is 5.75 Å². The van der Waals surface area contributed by atoms with Crippen LogP contribution in [-0.2, 0) is 10.0 Å². The number of fused-ring (bicyclic) bond motifs is 1. The molecule has 0 amide bonds. The maximum absolute atomic E-state index is 13.4. The van der Waals surface area contributed by atoms with E-state index in [1.807, 2.05) is 30.3 Å². The van der Waals surface area contributed by atoms with Crippen LogP contribution >= 0.6 is 0 Å². The molecule has 1 aromatic heterocycles. The average molecular weight is 354 g/mol. The molecule has 5 nitrogen and oxygen atoms in total. The number of aromatic hydroxyl groups is 1. The first-order chi connectivity index (χ1) is 12.1. The molecule has 1 N–H and O–H groups in total. The smallest absolute Gasteiger partial charge is 0.244 e. The molecule has 1 fully saturated rings. The van der Waals surface area contributed by atoms with Gasteiger partial charge in [-0.2, -0.15) is 4.31 Å². The van der Waals surface area contributed by atoms with Crippen molar-refractivity contribution in [2.45, 2.75) is 23.8 Å². The molecular formula is C19H18N2O3S. The summed E-state index contributed by atoms with van der Waals surface area (Å²) in [6.45, 7) is 0.491. The van der Waals surface area contributed by atoms with Crippen molar-refractivity contribution in [1.29, 1.82) is 0 Å². The van der Waals surface area contributed by atoms with E-state index >= 15 is 0 Å². The lowest BCUT2D eigenvalue weighted by Crippen LogP contribution is -2.30. The molecule has 0 aliphatic carbocycles. The summed E-state index contributed by atoms with van der Waals surface area (Å²) in [7, 11) is -3.70. The number of hydrogen-bond donors (Lipinski definition) is 1. The summed E-state index contributed by atoms with van der Waals surface area (Å²) in [6.07, 6.45) is 3.17.